The van der Waals surface area contributed by atoms with Crippen LogP contribution in [-0.4, -0.2) is 11.9 Å². The third-order valence-corrected chi connectivity index (χ3v) is 4.37. The summed E-state index contributed by atoms with van der Waals surface area (Å²) in [6.45, 7) is 0.122. The summed E-state index contributed by atoms with van der Waals surface area (Å²) in [5.74, 6) is -0.426. The van der Waals surface area contributed by atoms with E-state index in [0.717, 1.165) is 6.07 Å². The van der Waals surface area contributed by atoms with Gasteiger partial charge in [0.15, 0.2) is 0 Å². The molecule has 1 aromatic carbocycles. The van der Waals surface area contributed by atoms with Gasteiger partial charge in [-0.1, -0.05) is 35.3 Å². The number of allylic oxidation sites excluding steroid dienone is 4. The Hall–Kier alpha value is -0.680. The third-order valence-electron chi connectivity index (χ3n) is 3.42. The van der Waals surface area contributed by atoms with Crippen molar-refractivity contribution in [2.45, 2.75) is 23.9 Å². The zero-order chi connectivity index (χ0) is 16.5. The molecule has 1 nitrogen and oxygen atoms in total. The molecule has 0 saturated carbocycles. The maximum Gasteiger partial charge on any atom is 0.416 e. The van der Waals surface area contributed by atoms with Crippen LogP contribution in [0, 0.1) is 0 Å². The molecule has 0 fully saturated rings. The molecule has 2 rings (SSSR count). The maximum absolute atomic E-state index is 13.0. The van der Waals surface area contributed by atoms with Crippen molar-refractivity contribution >= 4 is 34.8 Å². The molecule has 120 valence electrons. The van der Waals surface area contributed by atoms with Gasteiger partial charge in [-0.05, 0) is 42.3 Å². The van der Waals surface area contributed by atoms with Crippen molar-refractivity contribution < 1.29 is 13.2 Å². The van der Waals surface area contributed by atoms with Gasteiger partial charge < -0.3 is 5.73 Å². The minimum Gasteiger partial charge on any atom is -0.330 e. The molecular formula is C15H13Cl3F3N. The van der Waals surface area contributed by atoms with Crippen molar-refractivity contribution in [2.75, 3.05) is 6.54 Å². The molecule has 0 spiro atoms. The summed E-state index contributed by atoms with van der Waals surface area (Å²) in [4.78, 5) is 0. The topological polar surface area (TPSA) is 26.0 Å². The molecule has 2 unspecified atom stereocenters. The maximum atomic E-state index is 13.0. The highest BCUT2D eigenvalue weighted by Gasteiger charge is 2.34. The highest BCUT2D eigenvalue weighted by Crippen LogP contribution is 2.41. The van der Waals surface area contributed by atoms with Crippen LogP contribution in [0.25, 0.3) is 0 Å². The lowest BCUT2D eigenvalue weighted by atomic mass is 9.88. The molecule has 0 amide bonds. The fourth-order valence-corrected chi connectivity index (χ4v) is 3.69. The lowest BCUT2D eigenvalue weighted by Gasteiger charge is -2.25. The monoisotopic (exact) mass is 369 g/mol. The second kappa shape index (κ2) is 6.83. The predicted octanol–water partition coefficient (Wildman–Crippen LogP) is 5.16. The Labute approximate surface area is 141 Å². The van der Waals surface area contributed by atoms with E-state index in [0.29, 0.717) is 15.6 Å². The van der Waals surface area contributed by atoms with Gasteiger partial charge in [0.05, 0.1) is 10.9 Å². The van der Waals surface area contributed by atoms with E-state index >= 15 is 0 Å². The minimum absolute atomic E-state index is 0.122. The van der Waals surface area contributed by atoms with E-state index in [9.17, 15) is 13.2 Å². The van der Waals surface area contributed by atoms with Gasteiger partial charge in [0.25, 0.3) is 0 Å². The summed E-state index contributed by atoms with van der Waals surface area (Å²) in [5, 5.41) is 0.286. The van der Waals surface area contributed by atoms with Gasteiger partial charge in [0.1, 0.15) is 0 Å². The molecule has 0 bridgehead atoms. The summed E-state index contributed by atoms with van der Waals surface area (Å²) in [6, 6.07) is 3.92. The molecule has 0 aliphatic heterocycles. The van der Waals surface area contributed by atoms with Crippen LogP contribution in [0.5, 0.6) is 0 Å². The van der Waals surface area contributed by atoms with Crippen molar-refractivity contribution in [3.63, 3.8) is 0 Å². The second-order valence-corrected chi connectivity index (χ2v) is 6.33. The van der Waals surface area contributed by atoms with E-state index < -0.39 is 23.0 Å². The van der Waals surface area contributed by atoms with Crippen molar-refractivity contribution in [1.29, 1.82) is 0 Å². The number of hydrogen-bond acceptors (Lipinski definition) is 1. The van der Waals surface area contributed by atoms with Gasteiger partial charge in [-0.3, -0.25) is 0 Å². The normalized spacial score (nSPS) is 22.3. The van der Waals surface area contributed by atoms with Crippen LogP contribution in [0.1, 0.15) is 22.6 Å². The van der Waals surface area contributed by atoms with E-state index in [1.807, 2.05) is 0 Å². The Morgan fingerprint density at radius 2 is 1.86 bits per heavy atom. The van der Waals surface area contributed by atoms with E-state index in [4.69, 9.17) is 40.5 Å². The van der Waals surface area contributed by atoms with Gasteiger partial charge in [-0.25, -0.2) is 0 Å². The molecule has 1 aliphatic carbocycles. The molecule has 22 heavy (non-hydrogen) atoms. The molecule has 1 aliphatic rings. The third kappa shape index (κ3) is 3.80. The molecule has 0 radical (unpaired) electrons. The van der Waals surface area contributed by atoms with Gasteiger partial charge in [0.2, 0.25) is 0 Å². The molecule has 2 N–H and O–H groups in total. The van der Waals surface area contributed by atoms with Crippen LogP contribution in [-0.2, 0) is 12.6 Å². The molecule has 0 heterocycles. The molecule has 0 aromatic heterocycles. The van der Waals surface area contributed by atoms with Gasteiger partial charge in [-0.2, -0.15) is 13.2 Å². The van der Waals surface area contributed by atoms with Crippen molar-refractivity contribution in [1.82, 2.24) is 0 Å². The molecule has 1 aromatic rings. The van der Waals surface area contributed by atoms with Gasteiger partial charge >= 0.3 is 6.18 Å². The first-order chi connectivity index (χ1) is 10.2. The van der Waals surface area contributed by atoms with Crippen LogP contribution in [0.15, 0.2) is 40.4 Å². The summed E-state index contributed by atoms with van der Waals surface area (Å²) in [6.07, 6.45) is -1.13. The highest BCUT2D eigenvalue weighted by atomic mass is 35.5. The molecular weight excluding hydrogens is 358 g/mol. The Morgan fingerprint density at radius 3 is 2.41 bits per heavy atom. The van der Waals surface area contributed by atoms with E-state index in [-0.39, 0.29) is 18.5 Å². The van der Waals surface area contributed by atoms with Crippen molar-refractivity contribution in [3.05, 3.63) is 57.1 Å². The first kappa shape index (κ1) is 17.7. The summed E-state index contributed by atoms with van der Waals surface area (Å²) >= 11 is 18.3. The summed E-state index contributed by atoms with van der Waals surface area (Å²) in [7, 11) is 0. The number of nitrogens with two attached hydrogens (primary N) is 1. The Kier molecular flexibility index (Phi) is 5.49. The molecule has 2 atom stereocenters. The SMILES string of the molecule is NCCc1cc(C2C(Cl)=CC(Cl)=CC2Cl)ccc1C(F)(F)F. The van der Waals surface area contributed by atoms with Gasteiger partial charge in [-0.15, -0.1) is 11.6 Å². The number of benzene rings is 1. The van der Waals surface area contributed by atoms with E-state index in [1.54, 1.807) is 12.2 Å². The van der Waals surface area contributed by atoms with E-state index in [1.165, 1.54) is 12.1 Å². The fraction of sp³-hybridized carbons (Fsp3) is 0.333. The number of alkyl halides is 4. The first-order valence-corrected chi connectivity index (χ1v) is 7.72. The fourth-order valence-electron chi connectivity index (χ4n) is 2.46. The van der Waals surface area contributed by atoms with Crippen LogP contribution < -0.4 is 5.73 Å². The predicted molar refractivity (Wildman–Crippen MR) is 84.5 cm³/mol. The van der Waals surface area contributed by atoms with Crippen LogP contribution in [0.2, 0.25) is 0 Å². The average molecular weight is 371 g/mol. The van der Waals surface area contributed by atoms with Crippen LogP contribution >= 0.6 is 34.8 Å². The molecule has 7 heteroatoms. The lowest BCUT2D eigenvalue weighted by molar-refractivity contribution is -0.138. The summed E-state index contributed by atoms with van der Waals surface area (Å²) in [5.41, 5.74) is 5.48. The highest BCUT2D eigenvalue weighted by molar-refractivity contribution is 6.37. The van der Waals surface area contributed by atoms with Crippen LogP contribution in [0.4, 0.5) is 13.2 Å². The standard InChI is InChI=1S/C15H13Cl3F3N/c16-10-6-12(17)14(13(18)7-10)9-1-2-11(15(19,20)21)8(5-9)3-4-22/h1-2,5-7,12,14H,3-4,22H2. The summed E-state index contributed by atoms with van der Waals surface area (Å²) < 4.78 is 39.1. The zero-order valence-corrected chi connectivity index (χ0v) is 13.6. The second-order valence-electron chi connectivity index (χ2n) is 4.96. The van der Waals surface area contributed by atoms with Crippen molar-refractivity contribution in [2.24, 2.45) is 5.73 Å². The van der Waals surface area contributed by atoms with Crippen LogP contribution in [0.3, 0.4) is 0 Å². The average Bonchev–Trinajstić information content (AvgIpc) is 2.36. The minimum atomic E-state index is -4.42. The number of hydrogen-bond donors (Lipinski definition) is 1. The lowest BCUT2D eigenvalue weighted by Crippen LogP contribution is -2.17. The Bertz CT molecular complexity index is 623. The van der Waals surface area contributed by atoms with E-state index in [2.05, 4.69) is 0 Å². The van der Waals surface area contributed by atoms with Gasteiger partial charge in [0, 0.05) is 16.0 Å². The Morgan fingerprint density at radius 1 is 1.18 bits per heavy atom. The number of halogens is 6. The quantitative estimate of drug-likeness (QED) is 0.731. The molecule has 0 saturated heterocycles. The largest absolute Gasteiger partial charge is 0.416 e. The zero-order valence-electron chi connectivity index (χ0n) is 11.3. The first-order valence-electron chi connectivity index (χ1n) is 6.52. The number of rotatable bonds is 3. The Balaban J connectivity index is 2.45. The van der Waals surface area contributed by atoms with Crippen molar-refractivity contribution in [3.8, 4) is 0 Å². The smallest absolute Gasteiger partial charge is 0.330 e.